The van der Waals surface area contributed by atoms with Crippen molar-refractivity contribution in [2.75, 3.05) is 59.3 Å². The number of alkyl carbamates (subject to hydrolysis) is 1. The molecule has 0 aliphatic rings. The summed E-state index contributed by atoms with van der Waals surface area (Å²) in [6.07, 6.45) is 2.46. The van der Waals surface area contributed by atoms with E-state index in [-0.39, 0.29) is 15.6 Å². The molecule has 0 aromatic rings. The van der Waals surface area contributed by atoms with E-state index in [2.05, 4.69) is 63.2 Å². The van der Waals surface area contributed by atoms with Gasteiger partial charge in [-0.3, -0.25) is 0 Å². The molecule has 0 rings (SSSR count). The first kappa shape index (κ1) is 34.1. The molecule has 0 aromatic carbocycles. The van der Waals surface area contributed by atoms with E-state index in [1.807, 2.05) is 6.92 Å². The van der Waals surface area contributed by atoms with Gasteiger partial charge in [-0.1, -0.05) is 35.4 Å². The quantitative estimate of drug-likeness (QED) is 0.0652. The van der Waals surface area contributed by atoms with E-state index in [9.17, 15) is 4.79 Å². The van der Waals surface area contributed by atoms with Crippen molar-refractivity contribution in [1.29, 1.82) is 0 Å². The van der Waals surface area contributed by atoms with Gasteiger partial charge in [0.25, 0.3) is 0 Å². The monoisotopic (exact) mass is 543 g/mol. The van der Waals surface area contributed by atoms with E-state index in [0.29, 0.717) is 45.6 Å². The van der Waals surface area contributed by atoms with Gasteiger partial charge in [0.1, 0.15) is 5.44 Å². The minimum atomic E-state index is -0.411. The lowest BCUT2D eigenvalue weighted by Crippen LogP contribution is -2.30. The maximum atomic E-state index is 11.8. The fraction of sp³-hybridized carbons (Fsp3) is 0.957. The van der Waals surface area contributed by atoms with Crippen LogP contribution in [-0.2, 0) is 18.9 Å². The van der Waals surface area contributed by atoms with E-state index in [0.717, 1.165) is 39.0 Å². The molecule has 0 spiro atoms. The molecule has 8 nitrogen and oxygen atoms in total. The maximum Gasteiger partial charge on any atom is 0.407 e. The van der Waals surface area contributed by atoms with Crippen molar-refractivity contribution in [3.05, 3.63) is 0 Å². The van der Waals surface area contributed by atoms with Gasteiger partial charge >= 0.3 is 6.09 Å². The molecule has 0 aliphatic heterocycles. The number of hydrogen-bond donors (Lipinski definition) is 4. The van der Waals surface area contributed by atoms with Crippen LogP contribution in [-0.4, -0.2) is 87.0 Å². The van der Waals surface area contributed by atoms with Crippen LogP contribution >= 0.6 is 34.2 Å². The summed E-state index contributed by atoms with van der Waals surface area (Å²) in [5, 5.41) is 9.51. The van der Waals surface area contributed by atoms with Crippen LogP contribution in [0.5, 0.6) is 0 Å². The minimum Gasteiger partial charge on any atom is -0.450 e. The van der Waals surface area contributed by atoms with Gasteiger partial charge in [0.15, 0.2) is 0 Å². The van der Waals surface area contributed by atoms with Gasteiger partial charge in [-0.15, -0.1) is 0 Å². The van der Waals surface area contributed by atoms with Crippen molar-refractivity contribution in [1.82, 2.24) is 16.0 Å². The molecule has 34 heavy (non-hydrogen) atoms. The number of thiol groups is 1. The van der Waals surface area contributed by atoms with Crippen molar-refractivity contribution >= 4 is 40.3 Å². The first-order chi connectivity index (χ1) is 16.1. The minimum absolute atomic E-state index is 0.0248. The summed E-state index contributed by atoms with van der Waals surface area (Å²) in [5.74, 6) is 0. The zero-order valence-electron chi connectivity index (χ0n) is 22.0. The fourth-order valence-corrected chi connectivity index (χ4v) is 4.91. The third-order valence-electron chi connectivity index (χ3n) is 4.40. The molecule has 0 heterocycles. The molecule has 2 unspecified atom stereocenters. The molecule has 11 heteroatoms. The number of carbonyl (C=O) groups is 1. The average Bonchev–Trinajstić information content (AvgIpc) is 2.75. The Bertz CT molecular complexity index is 489. The maximum absolute atomic E-state index is 11.8. The van der Waals surface area contributed by atoms with Crippen molar-refractivity contribution in [3.63, 3.8) is 0 Å². The normalized spacial score (nSPS) is 13.8. The first-order valence-electron chi connectivity index (χ1n) is 12.3. The van der Waals surface area contributed by atoms with Crippen LogP contribution in [0.1, 0.15) is 60.8 Å². The molecule has 1 amide bonds. The van der Waals surface area contributed by atoms with Gasteiger partial charge in [-0.25, -0.2) is 4.79 Å². The van der Waals surface area contributed by atoms with Crippen LogP contribution in [0.4, 0.5) is 4.79 Å². The van der Waals surface area contributed by atoms with Crippen LogP contribution in [0.15, 0.2) is 0 Å². The van der Waals surface area contributed by atoms with Crippen LogP contribution < -0.4 is 16.0 Å². The van der Waals surface area contributed by atoms with Gasteiger partial charge in [0, 0.05) is 35.9 Å². The Hall–Kier alpha value is 0.120. The lowest BCUT2D eigenvalue weighted by Gasteiger charge is -2.24. The highest BCUT2D eigenvalue weighted by atomic mass is 33.1. The number of hydrogen-bond acceptors (Lipinski definition) is 10. The Balaban J connectivity index is 3.60. The Kier molecular flexibility index (Phi) is 22.4. The molecule has 2 atom stereocenters. The molecule has 0 fully saturated rings. The number of ether oxygens (including phenoxy) is 4. The number of amides is 1. The summed E-state index contributed by atoms with van der Waals surface area (Å²) in [6, 6.07) is 0.466. The molecule has 0 radical (unpaired) electrons. The highest BCUT2D eigenvalue weighted by Gasteiger charge is 2.21. The summed E-state index contributed by atoms with van der Waals surface area (Å²) in [6.45, 7) is 18.1. The zero-order chi connectivity index (χ0) is 25.7. The Morgan fingerprint density at radius 1 is 0.882 bits per heavy atom. The third-order valence-corrected chi connectivity index (χ3v) is 8.19. The van der Waals surface area contributed by atoms with Gasteiger partial charge < -0.3 is 34.9 Å². The van der Waals surface area contributed by atoms with Crippen molar-refractivity contribution in [2.45, 2.75) is 82.4 Å². The molecule has 0 saturated carbocycles. The van der Waals surface area contributed by atoms with Crippen molar-refractivity contribution < 1.29 is 23.7 Å². The first-order valence-corrected chi connectivity index (χ1v) is 15.0. The highest BCUT2D eigenvalue weighted by Crippen LogP contribution is 2.40. The molecule has 204 valence electrons. The second-order valence-corrected chi connectivity index (χ2v) is 12.8. The zero-order valence-corrected chi connectivity index (χ0v) is 24.5. The predicted octanol–water partition coefficient (Wildman–Crippen LogP) is 4.30. The van der Waals surface area contributed by atoms with Gasteiger partial charge in [-0.05, 0) is 53.5 Å². The van der Waals surface area contributed by atoms with E-state index in [1.165, 1.54) is 0 Å². The second kappa shape index (κ2) is 22.3. The summed E-state index contributed by atoms with van der Waals surface area (Å²) < 4.78 is 22.0. The summed E-state index contributed by atoms with van der Waals surface area (Å²) in [7, 11) is 3.49. The van der Waals surface area contributed by atoms with Gasteiger partial charge in [-0.2, -0.15) is 12.6 Å². The second-order valence-electron chi connectivity index (χ2n) is 8.86. The highest BCUT2D eigenvalue weighted by molar-refractivity contribution is 8.77. The molecular weight excluding hydrogens is 494 g/mol. The third kappa shape index (κ3) is 25.2. The standard InChI is InChI=1S/C23H49N3O5S3/c1-19(2)24-11-15-28-17-18-29-16-12-26-22(27)31-14-9-23(5,6)34-33-21(4)30-13-8-7-10-25-20(3)32/h19-21,24-25,32H,7-18H2,1-6H3,(H,26,27). The number of nitrogens with one attached hydrogen (secondary N) is 3. The molecule has 0 aliphatic carbocycles. The van der Waals surface area contributed by atoms with E-state index in [4.69, 9.17) is 18.9 Å². The smallest absolute Gasteiger partial charge is 0.407 e. The Labute approximate surface area is 221 Å². The van der Waals surface area contributed by atoms with Crippen LogP contribution in [0.25, 0.3) is 0 Å². The SMILES string of the molecule is CC(C)NCCOCCOCCNC(=O)OCCC(C)(C)SSC(C)OCCCCNC(C)S. The van der Waals surface area contributed by atoms with E-state index >= 15 is 0 Å². The van der Waals surface area contributed by atoms with Gasteiger partial charge in [0.05, 0.1) is 33.0 Å². The van der Waals surface area contributed by atoms with Crippen LogP contribution in [0, 0.1) is 0 Å². The summed E-state index contributed by atoms with van der Waals surface area (Å²) in [4.78, 5) is 11.8. The summed E-state index contributed by atoms with van der Waals surface area (Å²) >= 11 is 4.30. The molecule has 0 aromatic heterocycles. The Morgan fingerprint density at radius 2 is 1.56 bits per heavy atom. The van der Waals surface area contributed by atoms with Crippen molar-refractivity contribution in [2.24, 2.45) is 0 Å². The summed E-state index contributed by atoms with van der Waals surface area (Å²) in [5.41, 5.74) is 0.118. The number of rotatable bonds is 23. The average molecular weight is 544 g/mol. The van der Waals surface area contributed by atoms with E-state index < -0.39 is 6.09 Å². The molecular formula is C23H49N3O5S3. The van der Waals surface area contributed by atoms with Gasteiger partial charge in [0.2, 0.25) is 0 Å². The van der Waals surface area contributed by atoms with E-state index in [1.54, 1.807) is 21.6 Å². The molecule has 3 N–H and O–H groups in total. The lowest BCUT2D eigenvalue weighted by atomic mass is 10.1. The predicted molar refractivity (Wildman–Crippen MR) is 149 cm³/mol. The lowest BCUT2D eigenvalue weighted by molar-refractivity contribution is 0.0489. The topological polar surface area (TPSA) is 90.1 Å². The van der Waals surface area contributed by atoms with Crippen LogP contribution in [0.3, 0.4) is 0 Å². The van der Waals surface area contributed by atoms with Crippen molar-refractivity contribution in [3.8, 4) is 0 Å². The number of carbonyl (C=O) groups excluding carboxylic acids is 1. The largest absolute Gasteiger partial charge is 0.450 e. The molecule has 0 saturated heterocycles. The van der Waals surface area contributed by atoms with Crippen LogP contribution in [0.2, 0.25) is 0 Å². The Morgan fingerprint density at radius 3 is 2.21 bits per heavy atom. The molecule has 0 bridgehead atoms. The fourth-order valence-electron chi connectivity index (χ4n) is 2.46. The number of unbranched alkanes of at least 4 members (excludes halogenated alkanes) is 1.